The molecule has 1 aliphatic heterocycles. The molecule has 206 valence electrons. The molecule has 0 aliphatic carbocycles. The Labute approximate surface area is 245 Å². The topological polar surface area (TPSA) is 110 Å². The number of sulfonamides is 2. The van der Waals surface area contributed by atoms with Crippen molar-refractivity contribution in [2.45, 2.75) is 45.9 Å². The first-order valence-corrected chi connectivity index (χ1v) is 16.5. The molecule has 1 aliphatic rings. The number of alkyl halides is 2. The van der Waals surface area contributed by atoms with Crippen molar-refractivity contribution >= 4 is 63.6 Å². The van der Waals surface area contributed by atoms with Gasteiger partial charge in [-0.15, -0.1) is 4.40 Å². The summed E-state index contributed by atoms with van der Waals surface area (Å²) >= 11 is 6.87. The molecular weight excluding hydrogens is 672 g/mol. The van der Waals surface area contributed by atoms with Gasteiger partial charge in [0.2, 0.25) is 15.9 Å². The van der Waals surface area contributed by atoms with Crippen LogP contribution in [-0.2, 0) is 24.8 Å². The molecule has 0 N–H and O–H groups in total. The summed E-state index contributed by atoms with van der Waals surface area (Å²) in [7, 11) is -8.41. The van der Waals surface area contributed by atoms with Crippen LogP contribution in [0.15, 0.2) is 93.1 Å². The number of halogens is 2. The predicted molar refractivity (Wildman–Crippen MR) is 157 cm³/mol. The van der Waals surface area contributed by atoms with E-state index in [1.54, 1.807) is 61.5 Å². The highest BCUT2D eigenvalue weighted by Gasteiger charge is 2.74. The van der Waals surface area contributed by atoms with Gasteiger partial charge >= 0.3 is 0 Å². The molecule has 1 heterocycles. The maximum absolute atomic E-state index is 13.8. The van der Waals surface area contributed by atoms with Crippen molar-refractivity contribution in [3.63, 3.8) is 0 Å². The molecule has 0 saturated carbocycles. The van der Waals surface area contributed by atoms with Crippen molar-refractivity contribution in [3.05, 3.63) is 95.6 Å². The molecule has 12 heteroatoms. The van der Waals surface area contributed by atoms with E-state index in [0.29, 0.717) is 0 Å². The van der Waals surface area contributed by atoms with E-state index >= 15 is 0 Å². The Kier molecular flexibility index (Phi) is 8.53. The van der Waals surface area contributed by atoms with Crippen LogP contribution < -0.4 is 0 Å². The van der Waals surface area contributed by atoms with Gasteiger partial charge in [-0.3, -0.25) is 4.79 Å². The lowest BCUT2D eigenvalue weighted by Gasteiger charge is -2.14. The fourth-order valence-corrected chi connectivity index (χ4v) is 9.86. The number of Topliss-reactive ketones (excluding diaryl/α,β-unsaturated/α-hetero) is 1. The van der Waals surface area contributed by atoms with Gasteiger partial charge in [-0.25, -0.2) is 8.42 Å². The number of ether oxygens (including phenoxy) is 1. The number of aryl methyl sites for hydroxylation is 2. The summed E-state index contributed by atoms with van der Waals surface area (Å²) in [6.07, 6.45) is 0. The van der Waals surface area contributed by atoms with Crippen molar-refractivity contribution in [1.29, 1.82) is 0 Å². The van der Waals surface area contributed by atoms with Crippen LogP contribution in [0.1, 0.15) is 28.4 Å². The second-order valence-corrected chi connectivity index (χ2v) is 14.6. The number of ketones is 1. The molecule has 3 aromatic carbocycles. The standard InChI is InChI=1S/C27H26Br2N2O6S2/c1-4-37-26(30-38(33,34)21-14-10-18(2)11-15-21)23(28)24-27(29,25(32)20-8-6-5-7-9-20)31(24)39(35,36)22-16-12-19(3)13-17-22/h5-17,23-24H,4H2,1-3H3/b30-26-/t23-,24-,27+,31?/m0/s1. The number of carbonyl (C=O) groups is 1. The normalized spacial score (nSPS) is 22.2. The SMILES string of the molecule is CCO/C(=N\S(=O)(=O)c1ccc(C)cc1)[C@@H](Br)[C@@H]1N(S(=O)(=O)c2ccc(C)cc2)[C@@]1(Br)C(=O)c1ccccc1. The highest BCUT2D eigenvalue weighted by atomic mass is 79.9. The third kappa shape index (κ3) is 5.76. The Hall–Kier alpha value is -2.38. The Balaban J connectivity index is 1.81. The molecule has 0 spiro atoms. The molecule has 39 heavy (non-hydrogen) atoms. The van der Waals surface area contributed by atoms with Gasteiger partial charge in [0.15, 0.2) is 10.2 Å². The Morgan fingerprint density at radius 2 is 1.44 bits per heavy atom. The van der Waals surface area contributed by atoms with Crippen LogP contribution in [0.3, 0.4) is 0 Å². The highest BCUT2D eigenvalue weighted by molar-refractivity contribution is 9.11. The van der Waals surface area contributed by atoms with E-state index in [9.17, 15) is 21.6 Å². The number of hydrogen-bond acceptors (Lipinski definition) is 6. The van der Waals surface area contributed by atoms with E-state index in [2.05, 4.69) is 36.3 Å². The first-order valence-electron chi connectivity index (χ1n) is 11.9. The van der Waals surface area contributed by atoms with E-state index in [4.69, 9.17) is 4.74 Å². The van der Waals surface area contributed by atoms with Crippen molar-refractivity contribution in [2.24, 2.45) is 4.40 Å². The zero-order chi connectivity index (χ0) is 28.6. The summed E-state index contributed by atoms with van der Waals surface area (Å²) in [5.74, 6) is -0.778. The van der Waals surface area contributed by atoms with Crippen LogP contribution in [0.5, 0.6) is 0 Å². The average molecular weight is 698 g/mol. The molecule has 1 fully saturated rings. The molecule has 0 amide bonds. The van der Waals surface area contributed by atoms with Crippen molar-refractivity contribution in [2.75, 3.05) is 6.61 Å². The average Bonchev–Trinajstić information content (AvgIpc) is 3.56. The summed E-state index contributed by atoms with van der Waals surface area (Å²) in [6, 6.07) is 19.5. The van der Waals surface area contributed by atoms with Crippen LogP contribution in [0, 0.1) is 13.8 Å². The summed E-state index contributed by atoms with van der Waals surface area (Å²) < 4.78 is 62.7. The zero-order valence-electron chi connectivity index (χ0n) is 21.3. The minimum atomic E-state index is -4.21. The molecule has 0 radical (unpaired) electrons. The summed E-state index contributed by atoms with van der Waals surface area (Å²) in [4.78, 5) is 12.6. The van der Waals surface area contributed by atoms with Gasteiger partial charge in [0.1, 0.15) is 4.83 Å². The highest BCUT2D eigenvalue weighted by Crippen LogP contribution is 2.56. The minimum Gasteiger partial charge on any atom is -0.480 e. The minimum absolute atomic E-state index is 0.0119. The second kappa shape index (κ2) is 11.2. The van der Waals surface area contributed by atoms with Crippen molar-refractivity contribution < 1.29 is 26.4 Å². The molecule has 0 aromatic heterocycles. The van der Waals surface area contributed by atoms with Gasteiger partial charge in [-0.05, 0) is 45.0 Å². The Morgan fingerprint density at radius 3 is 1.95 bits per heavy atom. The molecule has 3 aromatic rings. The number of carbonyl (C=O) groups excluding carboxylic acids is 1. The van der Waals surface area contributed by atoms with Crippen LogP contribution in [-0.4, -0.2) is 54.7 Å². The van der Waals surface area contributed by atoms with Crippen LogP contribution in [0.2, 0.25) is 0 Å². The van der Waals surface area contributed by atoms with E-state index in [-0.39, 0.29) is 27.9 Å². The predicted octanol–water partition coefficient (Wildman–Crippen LogP) is 5.24. The van der Waals surface area contributed by atoms with Gasteiger partial charge in [0.25, 0.3) is 10.0 Å². The lowest BCUT2D eigenvalue weighted by Crippen LogP contribution is -2.31. The first kappa shape index (κ1) is 29.6. The van der Waals surface area contributed by atoms with E-state index in [1.807, 2.05) is 13.8 Å². The third-order valence-corrected chi connectivity index (χ3v) is 11.7. The van der Waals surface area contributed by atoms with Crippen molar-refractivity contribution in [1.82, 2.24) is 4.31 Å². The number of rotatable bonds is 9. The molecule has 0 bridgehead atoms. The molecular formula is C27H26Br2N2O6S2. The molecule has 4 atom stereocenters. The second-order valence-electron chi connectivity index (χ2n) is 8.98. The number of benzene rings is 3. The Bertz CT molecular complexity index is 1610. The summed E-state index contributed by atoms with van der Waals surface area (Å²) in [6.45, 7) is 5.37. The fraction of sp³-hybridized carbons (Fsp3) is 0.259. The van der Waals surface area contributed by atoms with E-state index in [1.165, 1.54) is 24.3 Å². The number of hydrogen-bond donors (Lipinski definition) is 0. The summed E-state index contributed by atoms with van der Waals surface area (Å²) in [5, 5.41) is 0. The van der Waals surface area contributed by atoms with Gasteiger partial charge in [0.05, 0.1) is 22.4 Å². The van der Waals surface area contributed by atoms with Gasteiger partial charge in [-0.1, -0.05) is 97.6 Å². The smallest absolute Gasteiger partial charge is 0.285 e. The lowest BCUT2D eigenvalue weighted by molar-refractivity contribution is 0.0971. The van der Waals surface area contributed by atoms with E-state index < -0.39 is 41.1 Å². The van der Waals surface area contributed by atoms with Gasteiger partial charge < -0.3 is 4.74 Å². The van der Waals surface area contributed by atoms with Crippen molar-refractivity contribution in [3.8, 4) is 0 Å². The van der Waals surface area contributed by atoms with E-state index in [0.717, 1.165) is 15.4 Å². The van der Waals surface area contributed by atoms with Gasteiger partial charge in [-0.2, -0.15) is 12.7 Å². The molecule has 8 nitrogen and oxygen atoms in total. The largest absolute Gasteiger partial charge is 0.480 e. The quantitative estimate of drug-likeness (QED) is 0.0756. The zero-order valence-corrected chi connectivity index (χ0v) is 26.1. The van der Waals surface area contributed by atoms with Crippen LogP contribution >= 0.6 is 31.9 Å². The van der Waals surface area contributed by atoms with Gasteiger partial charge in [0, 0.05) is 5.56 Å². The maximum Gasteiger partial charge on any atom is 0.285 e. The third-order valence-electron chi connectivity index (χ3n) is 6.16. The molecule has 1 saturated heterocycles. The first-order chi connectivity index (χ1) is 18.3. The van der Waals surface area contributed by atoms with Crippen LogP contribution in [0.4, 0.5) is 0 Å². The summed E-state index contributed by atoms with van der Waals surface area (Å²) in [5.41, 5.74) is 2.02. The maximum atomic E-state index is 13.8. The lowest BCUT2D eigenvalue weighted by atomic mass is 10.1. The van der Waals surface area contributed by atoms with Crippen LogP contribution in [0.25, 0.3) is 0 Å². The fourth-order valence-electron chi connectivity index (χ4n) is 4.07. The monoisotopic (exact) mass is 696 g/mol. The molecule has 1 unspecified atom stereocenters. The Morgan fingerprint density at radius 1 is 0.923 bits per heavy atom. The number of nitrogens with zero attached hydrogens (tertiary/aromatic N) is 2. The molecule has 4 rings (SSSR count).